The lowest BCUT2D eigenvalue weighted by Crippen LogP contribution is -2.39. The van der Waals surface area contributed by atoms with Crippen LogP contribution in [-0.4, -0.2) is 21.7 Å². The first-order valence-corrected chi connectivity index (χ1v) is 15.1. The van der Waals surface area contributed by atoms with Crippen molar-refractivity contribution in [1.29, 1.82) is 0 Å². The molecule has 202 valence electrons. The van der Waals surface area contributed by atoms with E-state index in [1.807, 2.05) is 66.2 Å². The Hall–Kier alpha value is -3.43. The van der Waals surface area contributed by atoms with Crippen molar-refractivity contribution in [3.05, 3.63) is 123 Å². The van der Waals surface area contributed by atoms with Crippen LogP contribution in [0.15, 0.2) is 87.2 Å². The standard InChI is InChI=1S/C30H23Cl2N3O3S2/c1-3-38-29(37)26-17(2)33-30-35(27(26)24-9-6-12-39-24)28(36)25(40-30)13-19-16-34(23-8-5-4-7-21(19)23)15-18-10-11-20(31)14-22(18)32/h4-14,16,27H,3,15H2,1-2H3/b25-13-/t27-/m1/s1. The van der Waals surface area contributed by atoms with Gasteiger partial charge in [-0.15, -0.1) is 11.3 Å². The van der Waals surface area contributed by atoms with Gasteiger partial charge in [0, 0.05) is 44.1 Å². The zero-order valence-corrected chi connectivity index (χ0v) is 24.7. The summed E-state index contributed by atoms with van der Waals surface area (Å²) >= 11 is 15.4. The summed E-state index contributed by atoms with van der Waals surface area (Å²) in [6, 6.07) is 16.8. The maximum absolute atomic E-state index is 13.9. The first-order chi connectivity index (χ1) is 19.4. The summed E-state index contributed by atoms with van der Waals surface area (Å²) in [4.78, 5) is 33.0. The van der Waals surface area contributed by atoms with Crippen molar-refractivity contribution in [3.8, 4) is 0 Å². The number of thiophene rings is 1. The largest absolute Gasteiger partial charge is 0.463 e. The minimum absolute atomic E-state index is 0.200. The van der Waals surface area contributed by atoms with E-state index in [1.165, 1.54) is 22.7 Å². The van der Waals surface area contributed by atoms with Gasteiger partial charge in [-0.3, -0.25) is 9.36 Å². The van der Waals surface area contributed by atoms with Crippen LogP contribution in [0.4, 0.5) is 0 Å². The number of para-hydroxylation sites is 1. The number of aromatic nitrogens is 2. The molecule has 0 N–H and O–H groups in total. The molecule has 6 rings (SSSR count). The monoisotopic (exact) mass is 607 g/mol. The number of hydrogen-bond acceptors (Lipinski definition) is 6. The maximum Gasteiger partial charge on any atom is 0.338 e. The van der Waals surface area contributed by atoms with E-state index >= 15 is 0 Å². The zero-order valence-electron chi connectivity index (χ0n) is 21.6. The molecule has 10 heteroatoms. The van der Waals surface area contributed by atoms with E-state index in [-0.39, 0.29) is 12.2 Å². The Kier molecular flexibility index (Phi) is 7.27. The van der Waals surface area contributed by atoms with Gasteiger partial charge in [0.2, 0.25) is 0 Å². The van der Waals surface area contributed by atoms with Crippen LogP contribution in [0, 0.1) is 0 Å². The molecule has 5 aromatic rings. The summed E-state index contributed by atoms with van der Waals surface area (Å²) in [5, 5.41) is 4.13. The van der Waals surface area contributed by atoms with Crippen LogP contribution < -0.4 is 14.9 Å². The van der Waals surface area contributed by atoms with E-state index in [4.69, 9.17) is 27.9 Å². The second-order valence-corrected chi connectivity index (χ2v) is 12.1. The molecule has 0 bridgehead atoms. The van der Waals surface area contributed by atoms with Crippen LogP contribution >= 0.6 is 45.9 Å². The highest BCUT2D eigenvalue weighted by Gasteiger charge is 2.33. The molecule has 0 unspecified atom stereocenters. The molecule has 3 aromatic heterocycles. The van der Waals surface area contributed by atoms with Crippen LogP contribution in [0.3, 0.4) is 0 Å². The van der Waals surface area contributed by atoms with Gasteiger partial charge >= 0.3 is 5.97 Å². The van der Waals surface area contributed by atoms with E-state index in [9.17, 15) is 9.59 Å². The molecular weight excluding hydrogens is 585 g/mol. The second kappa shape index (κ2) is 10.9. The van der Waals surface area contributed by atoms with Gasteiger partial charge in [-0.25, -0.2) is 9.79 Å². The Labute approximate surface area is 247 Å². The molecule has 1 aliphatic heterocycles. The number of esters is 1. The van der Waals surface area contributed by atoms with E-state index < -0.39 is 12.0 Å². The number of hydrogen-bond donors (Lipinski definition) is 0. The fourth-order valence-electron chi connectivity index (χ4n) is 5.00. The van der Waals surface area contributed by atoms with Gasteiger partial charge in [0.1, 0.15) is 6.04 Å². The van der Waals surface area contributed by atoms with Crippen LogP contribution in [0.2, 0.25) is 10.0 Å². The molecule has 0 saturated heterocycles. The summed E-state index contributed by atoms with van der Waals surface area (Å²) in [5.41, 5.74) is 3.61. The minimum atomic E-state index is -0.592. The molecule has 1 atom stereocenters. The molecule has 0 spiro atoms. The first kappa shape index (κ1) is 26.8. The van der Waals surface area contributed by atoms with E-state index in [2.05, 4.69) is 9.56 Å². The van der Waals surface area contributed by atoms with Crippen molar-refractivity contribution < 1.29 is 9.53 Å². The number of halogens is 2. The number of thiazole rings is 1. The Morgan fingerprint density at radius 1 is 1.15 bits per heavy atom. The molecule has 1 aliphatic rings. The third-order valence-electron chi connectivity index (χ3n) is 6.79. The van der Waals surface area contributed by atoms with Crippen LogP contribution in [0.5, 0.6) is 0 Å². The third-order valence-corrected chi connectivity index (χ3v) is 9.29. The van der Waals surface area contributed by atoms with Crippen molar-refractivity contribution in [2.24, 2.45) is 4.99 Å². The van der Waals surface area contributed by atoms with Crippen molar-refractivity contribution in [3.63, 3.8) is 0 Å². The number of carbonyl (C=O) groups is 1. The number of benzene rings is 2. The van der Waals surface area contributed by atoms with Gasteiger partial charge in [0.05, 0.1) is 22.4 Å². The Balaban J connectivity index is 1.50. The van der Waals surface area contributed by atoms with Crippen molar-refractivity contribution in [2.75, 3.05) is 6.61 Å². The molecule has 0 saturated carbocycles. The number of rotatable bonds is 6. The zero-order chi connectivity index (χ0) is 28.0. The smallest absolute Gasteiger partial charge is 0.338 e. The molecule has 0 fully saturated rings. The fourth-order valence-corrected chi connectivity index (χ4v) is 7.33. The van der Waals surface area contributed by atoms with Crippen molar-refractivity contribution >= 4 is 68.8 Å². The average molecular weight is 609 g/mol. The van der Waals surface area contributed by atoms with Crippen molar-refractivity contribution in [1.82, 2.24) is 9.13 Å². The molecule has 6 nitrogen and oxygen atoms in total. The van der Waals surface area contributed by atoms with E-state index in [1.54, 1.807) is 24.5 Å². The molecule has 4 heterocycles. The number of ether oxygens (including phenoxy) is 1. The summed E-state index contributed by atoms with van der Waals surface area (Å²) in [5.74, 6) is -0.458. The number of nitrogens with zero attached hydrogens (tertiary/aromatic N) is 3. The summed E-state index contributed by atoms with van der Waals surface area (Å²) in [6.45, 7) is 4.34. The topological polar surface area (TPSA) is 65.6 Å². The maximum atomic E-state index is 13.9. The lowest BCUT2D eigenvalue weighted by atomic mass is 10.0. The van der Waals surface area contributed by atoms with E-state index in [0.29, 0.717) is 37.2 Å². The van der Waals surface area contributed by atoms with Crippen LogP contribution in [0.25, 0.3) is 17.0 Å². The summed E-state index contributed by atoms with van der Waals surface area (Å²) < 4.78 is 9.63. The molecular formula is C30H23Cl2N3O3S2. The number of allylic oxidation sites excluding steroid dienone is 1. The molecule has 40 heavy (non-hydrogen) atoms. The number of carbonyl (C=O) groups excluding carboxylic acids is 1. The third kappa shape index (κ3) is 4.75. The highest BCUT2D eigenvalue weighted by molar-refractivity contribution is 7.10. The predicted molar refractivity (Wildman–Crippen MR) is 162 cm³/mol. The van der Waals surface area contributed by atoms with Crippen LogP contribution in [0.1, 0.15) is 35.9 Å². The highest BCUT2D eigenvalue weighted by Crippen LogP contribution is 2.33. The Morgan fingerprint density at radius 2 is 1.98 bits per heavy atom. The molecule has 0 radical (unpaired) electrons. The van der Waals surface area contributed by atoms with Gasteiger partial charge in [-0.05, 0) is 55.1 Å². The lowest BCUT2D eigenvalue weighted by molar-refractivity contribution is -0.139. The number of fused-ring (bicyclic) bond motifs is 2. The van der Waals surface area contributed by atoms with Gasteiger partial charge in [0.15, 0.2) is 4.80 Å². The fraction of sp³-hybridized carbons (Fsp3) is 0.167. The van der Waals surface area contributed by atoms with Gasteiger partial charge < -0.3 is 9.30 Å². The Morgan fingerprint density at radius 3 is 2.73 bits per heavy atom. The van der Waals surface area contributed by atoms with Gasteiger partial charge in [-0.2, -0.15) is 0 Å². The SMILES string of the molecule is CCOC(=O)C1=C(C)N=c2s/c(=C\c3cn(Cc4ccc(Cl)cc4Cl)c4ccccc34)c(=O)n2[C@@H]1c1cccs1. The normalized spacial score (nSPS) is 15.4. The molecule has 0 amide bonds. The van der Waals surface area contributed by atoms with E-state index in [0.717, 1.165) is 26.9 Å². The van der Waals surface area contributed by atoms with Gasteiger partial charge in [-0.1, -0.05) is 64.9 Å². The van der Waals surface area contributed by atoms with Crippen molar-refractivity contribution in [2.45, 2.75) is 26.4 Å². The Bertz CT molecular complexity index is 1980. The second-order valence-electron chi connectivity index (χ2n) is 9.28. The highest BCUT2D eigenvalue weighted by atomic mass is 35.5. The summed E-state index contributed by atoms with van der Waals surface area (Å²) in [6.07, 6.45) is 3.93. The summed E-state index contributed by atoms with van der Waals surface area (Å²) in [7, 11) is 0. The quantitative estimate of drug-likeness (QED) is 0.217. The van der Waals surface area contributed by atoms with Crippen LogP contribution in [-0.2, 0) is 16.1 Å². The molecule has 0 aliphatic carbocycles. The van der Waals surface area contributed by atoms with Gasteiger partial charge in [0.25, 0.3) is 5.56 Å². The lowest BCUT2D eigenvalue weighted by Gasteiger charge is -2.23. The minimum Gasteiger partial charge on any atom is -0.463 e. The predicted octanol–water partition coefficient (Wildman–Crippen LogP) is 6.17. The first-order valence-electron chi connectivity index (χ1n) is 12.6. The average Bonchev–Trinajstić information content (AvgIpc) is 3.65. The molecule has 2 aromatic carbocycles.